The zero-order valence-electron chi connectivity index (χ0n) is 8.51. The van der Waals surface area contributed by atoms with Gasteiger partial charge in [-0.15, -0.1) is 0 Å². The molecule has 15 heavy (non-hydrogen) atoms. The van der Waals surface area contributed by atoms with E-state index in [0.717, 1.165) is 18.5 Å². The van der Waals surface area contributed by atoms with Gasteiger partial charge in [-0.2, -0.15) is 5.10 Å². The van der Waals surface area contributed by atoms with E-state index in [9.17, 15) is 4.79 Å². The number of furan rings is 1. The number of nitrogens with zero attached hydrogens (tertiary/aromatic N) is 2. The van der Waals surface area contributed by atoms with E-state index in [1.807, 2.05) is 10.9 Å². The van der Waals surface area contributed by atoms with Crippen LogP contribution in [0.15, 0.2) is 28.9 Å². The van der Waals surface area contributed by atoms with Crippen LogP contribution in [0.5, 0.6) is 0 Å². The van der Waals surface area contributed by atoms with E-state index in [2.05, 4.69) is 12.0 Å². The van der Waals surface area contributed by atoms with Crippen LogP contribution in [0.4, 0.5) is 0 Å². The first-order valence-corrected chi connectivity index (χ1v) is 4.91. The maximum Gasteiger partial charge on any atom is 0.185 e. The zero-order chi connectivity index (χ0) is 10.7. The number of carbonyl (C=O) groups is 1. The standard InChI is InChI=1S/C11H12N2O2/c1-2-5-13-7-9(6-12-13)11-4-3-10(8-14)15-11/h3-4,6-8H,2,5H2,1H3. The monoisotopic (exact) mass is 204 g/mol. The maximum absolute atomic E-state index is 10.4. The number of aldehydes is 1. The molecule has 2 rings (SSSR count). The van der Waals surface area contributed by atoms with Crippen LogP contribution in [-0.4, -0.2) is 16.1 Å². The Kier molecular flexibility index (Phi) is 2.67. The molecule has 0 aliphatic carbocycles. The van der Waals surface area contributed by atoms with Gasteiger partial charge < -0.3 is 4.42 Å². The van der Waals surface area contributed by atoms with Gasteiger partial charge in [0.1, 0.15) is 5.76 Å². The molecular formula is C11H12N2O2. The van der Waals surface area contributed by atoms with Crippen molar-refractivity contribution in [2.75, 3.05) is 0 Å². The van der Waals surface area contributed by atoms with Crippen molar-refractivity contribution in [1.82, 2.24) is 9.78 Å². The van der Waals surface area contributed by atoms with E-state index in [4.69, 9.17) is 4.42 Å². The first-order valence-electron chi connectivity index (χ1n) is 4.91. The maximum atomic E-state index is 10.4. The van der Waals surface area contributed by atoms with Gasteiger partial charge in [0.15, 0.2) is 12.0 Å². The lowest BCUT2D eigenvalue weighted by atomic mass is 10.3. The first kappa shape index (κ1) is 9.71. The summed E-state index contributed by atoms with van der Waals surface area (Å²) in [4.78, 5) is 10.4. The average Bonchev–Trinajstić information content (AvgIpc) is 2.85. The summed E-state index contributed by atoms with van der Waals surface area (Å²) in [7, 11) is 0. The fraction of sp³-hybridized carbons (Fsp3) is 0.273. The Balaban J connectivity index is 2.24. The van der Waals surface area contributed by atoms with Crippen LogP contribution in [-0.2, 0) is 6.54 Å². The van der Waals surface area contributed by atoms with Crippen LogP contribution in [0.2, 0.25) is 0 Å². The van der Waals surface area contributed by atoms with Crippen molar-refractivity contribution in [2.45, 2.75) is 19.9 Å². The first-order chi connectivity index (χ1) is 7.33. The van der Waals surface area contributed by atoms with Crippen molar-refractivity contribution in [3.63, 3.8) is 0 Å². The number of rotatable bonds is 4. The van der Waals surface area contributed by atoms with Crippen LogP contribution in [0, 0.1) is 0 Å². The van der Waals surface area contributed by atoms with Gasteiger partial charge in [0, 0.05) is 12.7 Å². The van der Waals surface area contributed by atoms with Gasteiger partial charge in [-0.1, -0.05) is 6.92 Å². The molecule has 4 nitrogen and oxygen atoms in total. The summed E-state index contributed by atoms with van der Waals surface area (Å²) in [5.41, 5.74) is 0.900. The molecule has 2 aromatic heterocycles. The van der Waals surface area contributed by atoms with Crippen molar-refractivity contribution in [3.8, 4) is 11.3 Å². The van der Waals surface area contributed by atoms with E-state index in [1.54, 1.807) is 18.3 Å². The Morgan fingerprint density at radius 3 is 3.07 bits per heavy atom. The molecular weight excluding hydrogens is 192 g/mol. The zero-order valence-corrected chi connectivity index (χ0v) is 8.51. The minimum absolute atomic E-state index is 0.341. The van der Waals surface area contributed by atoms with Gasteiger partial charge in [0.05, 0.1) is 11.8 Å². The number of hydrogen-bond donors (Lipinski definition) is 0. The SMILES string of the molecule is CCCn1cc(-c2ccc(C=O)o2)cn1. The summed E-state index contributed by atoms with van der Waals surface area (Å²) in [6.45, 7) is 2.99. The highest BCUT2D eigenvalue weighted by Crippen LogP contribution is 2.20. The minimum atomic E-state index is 0.341. The molecule has 0 aliphatic rings. The second-order valence-electron chi connectivity index (χ2n) is 3.31. The predicted molar refractivity (Wildman–Crippen MR) is 55.6 cm³/mol. The van der Waals surface area contributed by atoms with Gasteiger partial charge in [-0.25, -0.2) is 0 Å². The Morgan fingerprint density at radius 1 is 1.53 bits per heavy atom. The molecule has 78 valence electrons. The van der Waals surface area contributed by atoms with Gasteiger partial charge in [-0.3, -0.25) is 9.48 Å². The normalized spacial score (nSPS) is 10.5. The molecule has 0 radical (unpaired) electrons. The van der Waals surface area contributed by atoms with Crippen molar-refractivity contribution in [3.05, 3.63) is 30.3 Å². The van der Waals surface area contributed by atoms with Crippen molar-refractivity contribution in [2.24, 2.45) is 0 Å². The summed E-state index contributed by atoms with van der Waals surface area (Å²) in [5, 5.41) is 4.19. The summed E-state index contributed by atoms with van der Waals surface area (Å²) in [5.74, 6) is 1.02. The largest absolute Gasteiger partial charge is 0.453 e. The molecule has 0 atom stereocenters. The molecule has 0 saturated carbocycles. The molecule has 0 amide bonds. The number of aromatic nitrogens is 2. The minimum Gasteiger partial charge on any atom is -0.453 e. The highest BCUT2D eigenvalue weighted by molar-refractivity contribution is 5.72. The Labute approximate surface area is 87.5 Å². The Bertz CT molecular complexity index is 457. The lowest BCUT2D eigenvalue weighted by Gasteiger charge is -1.94. The molecule has 0 aromatic carbocycles. The summed E-state index contributed by atoms with van der Waals surface area (Å²) < 4.78 is 7.15. The molecule has 0 saturated heterocycles. The quantitative estimate of drug-likeness (QED) is 0.718. The van der Waals surface area contributed by atoms with E-state index >= 15 is 0 Å². The molecule has 2 aromatic rings. The molecule has 0 bridgehead atoms. The van der Waals surface area contributed by atoms with Gasteiger partial charge >= 0.3 is 0 Å². The summed E-state index contributed by atoms with van der Waals surface area (Å²) in [6, 6.07) is 3.43. The van der Waals surface area contributed by atoms with Crippen molar-refractivity contribution < 1.29 is 9.21 Å². The van der Waals surface area contributed by atoms with E-state index in [-0.39, 0.29) is 0 Å². The van der Waals surface area contributed by atoms with Gasteiger partial charge in [-0.05, 0) is 18.6 Å². The third kappa shape index (κ3) is 1.98. The molecule has 4 heteroatoms. The van der Waals surface area contributed by atoms with E-state index < -0.39 is 0 Å². The van der Waals surface area contributed by atoms with Gasteiger partial charge in [0.25, 0.3) is 0 Å². The predicted octanol–water partition coefficient (Wildman–Crippen LogP) is 2.37. The molecule has 0 N–H and O–H groups in total. The van der Waals surface area contributed by atoms with Crippen LogP contribution in [0.3, 0.4) is 0 Å². The lowest BCUT2D eigenvalue weighted by Crippen LogP contribution is -1.95. The summed E-state index contributed by atoms with van der Waals surface area (Å²) >= 11 is 0. The molecule has 0 fully saturated rings. The third-order valence-electron chi connectivity index (χ3n) is 2.11. The van der Waals surface area contributed by atoms with Crippen molar-refractivity contribution in [1.29, 1.82) is 0 Å². The fourth-order valence-corrected chi connectivity index (χ4v) is 1.41. The second kappa shape index (κ2) is 4.13. The van der Waals surface area contributed by atoms with Gasteiger partial charge in [0.2, 0.25) is 0 Å². The Hall–Kier alpha value is -1.84. The Morgan fingerprint density at radius 2 is 2.40 bits per heavy atom. The molecule has 0 unspecified atom stereocenters. The number of hydrogen-bond acceptors (Lipinski definition) is 3. The molecule has 0 spiro atoms. The smallest absolute Gasteiger partial charge is 0.185 e. The van der Waals surface area contributed by atoms with E-state index in [1.165, 1.54) is 0 Å². The van der Waals surface area contributed by atoms with Crippen LogP contribution in [0.25, 0.3) is 11.3 Å². The van der Waals surface area contributed by atoms with Crippen LogP contribution in [0.1, 0.15) is 23.9 Å². The van der Waals surface area contributed by atoms with Crippen molar-refractivity contribution >= 4 is 6.29 Å². The number of carbonyl (C=O) groups excluding carboxylic acids is 1. The second-order valence-corrected chi connectivity index (χ2v) is 3.31. The van der Waals surface area contributed by atoms with E-state index in [0.29, 0.717) is 17.8 Å². The molecule has 0 aliphatic heterocycles. The third-order valence-corrected chi connectivity index (χ3v) is 2.11. The average molecular weight is 204 g/mol. The lowest BCUT2D eigenvalue weighted by molar-refractivity contribution is 0.110. The highest BCUT2D eigenvalue weighted by atomic mass is 16.3. The molecule has 2 heterocycles. The highest BCUT2D eigenvalue weighted by Gasteiger charge is 2.06. The summed E-state index contributed by atoms with van der Waals surface area (Å²) in [6.07, 6.45) is 5.39. The van der Waals surface area contributed by atoms with Crippen LogP contribution >= 0.6 is 0 Å². The fourth-order valence-electron chi connectivity index (χ4n) is 1.41. The topological polar surface area (TPSA) is 48.0 Å². The number of aryl methyl sites for hydroxylation is 1. The van der Waals surface area contributed by atoms with Crippen LogP contribution < -0.4 is 0 Å².